The molecule has 0 aromatic carbocycles. The van der Waals surface area contributed by atoms with Crippen molar-refractivity contribution in [2.24, 2.45) is 4.99 Å². The zero-order chi connectivity index (χ0) is 16.9. The van der Waals surface area contributed by atoms with Gasteiger partial charge in [-0.1, -0.05) is 0 Å². The summed E-state index contributed by atoms with van der Waals surface area (Å²) in [6.07, 6.45) is 6.98. The SMILES string of the molecule is CCNC(=NCCCn1ccnc1)NCCC(=O)N(CC)CC.I. The molecule has 1 rings (SSSR count). The van der Waals surface area contributed by atoms with Crippen molar-refractivity contribution in [1.29, 1.82) is 0 Å². The van der Waals surface area contributed by atoms with E-state index in [0.29, 0.717) is 13.0 Å². The van der Waals surface area contributed by atoms with E-state index in [1.54, 1.807) is 6.20 Å². The van der Waals surface area contributed by atoms with E-state index in [2.05, 4.69) is 20.6 Å². The number of carbonyl (C=O) groups is 1. The van der Waals surface area contributed by atoms with E-state index in [1.807, 2.05) is 42.8 Å². The van der Waals surface area contributed by atoms with Crippen LogP contribution < -0.4 is 10.6 Å². The number of hydrogen-bond acceptors (Lipinski definition) is 3. The number of rotatable bonds is 10. The van der Waals surface area contributed by atoms with Gasteiger partial charge < -0.3 is 20.1 Å². The Morgan fingerprint density at radius 3 is 2.58 bits per heavy atom. The summed E-state index contributed by atoms with van der Waals surface area (Å²) in [6.45, 7) is 10.6. The van der Waals surface area contributed by atoms with Crippen molar-refractivity contribution in [2.75, 3.05) is 32.7 Å². The van der Waals surface area contributed by atoms with E-state index in [-0.39, 0.29) is 29.9 Å². The average molecular weight is 450 g/mol. The summed E-state index contributed by atoms with van der Waals surface area (Å²) in [5, 5.41) is 6.42. The van der Waals surface area contributed by atoms with Gasteiger partial charge in [-0.2, -0.15) is 0 Å². The Labute approximate surface area is 162 Å². The lowest BCUT2D eigenvalue weighted by molar-refractivity contribution is -0.130. The van der Waals surface area contributed by atoms with Gasteiger partial charge in [0.25, 0.3) is 0 Å². The Bertz CT molecular complexity index is 459. The Hall–Kier alpha value is -1.32. The zero-order valence-electron chi connectivity index (χ0n) is 15.0. The monoisotopic (exact) mass is 450 g/mol. The van der Waals surface area contributed by atoms with Crippen molar-refractivity contribution in [3.63, 3.8) is 0 Å². The maximum absolute atomic E-state index is 12.0. The molecule has 2 N–H and O–H groups in total. The summed E-state index contributed by atoms with van der Waals surface area (Å²) < 4.78 is 2.04. The van der Waals surface area contributed by atoms with Crippen molar-refractivity contribution in [3.8, 4) is 0 Å². The van der Waals surface area contributed by atoms with Crippen LogP contribution in [0.2, 0.25) is 0 Å². The van der Waals surface area contributed by atoms with E-state index >= 15 is 0 Å². The molecule has 0 unspecified atom stereocenters. The van der Waals surface area contributed by atoms with Gasteiger partial charge >= 0.3 is 0 Å². The first-order valence-electron chi connectivity index (χ1n) is 8.46. The van der Waals surface area contributed by atoms with E-state index < -0.39 is 0 Å². The van der Waals surface area contributed by atoms with Crippen LogP contribution in [0.4, 0.5) is 0 Å². The van der Waals surface area contributed by atoms with Crippen molar-refractivity contribution in [3.05, 3.63) is 18.7 Å². The quantitative estimate of drug-likeness (QED) is 0.246. The second kappa shape index (κ2) is 14.1. The highest BCUT2D eigenvalue weighted by Gasteiger charge is 2.08. The van der Waals surface area contributed by atoms with Gasteiger partial charge in [-0.05, 0) is 27.2 Å². The van der Waals surface area contributed by atoms with Crippen LogP contribution in [0.1, 0.15) is 33.6 Å². The van der Waals surface area contributed by atoms with Gasteiger partial charge in [-0.15, -0.1) is 24.0 Å². The lowest BCUT2D eigenvalue weighted by atomic mass is 10.3. The number of aromatic nitrogens is 2. The minimum absolute atomic E-state index is 0. The molecule has 1 aromatic heterocycles. The summed E-state index contributed by atoms with van der Waals surface area (Å²) in [4.78, 5) is 22.3. The number of halogens is 1. The number of nitrogens with zero attached hydrogens (tertiary/aromatic N) is 4. The second-order valence-corrected chi connectivity index (χ2v) is 5.16. The molecule has 7 nitrogen and oxygen atoms in total. The molecule has 0 fully saturated rings. The van der Waals surface area contributed by atoms with Crippen LogP contribution in [0.15, 0.2) is 23.7 Å². The van der Waals surface area contributed by atoms with Crippen LogP contribution in [-0.2, 0) is 11.3 Å². The smallest absolute Gasteiger partial charge is 0.224 e. The third-order valence-corrected chi connectivity index (χ3v) is 3.50. The fraction of sp³-hybridized carbons (Fsp3) is 0.688. The molecule has 1 heterocycles. The van der Waals surface area contributed by atoms with Crippen molar-refractivity contribution >= 4 is 35.8 Å². The third-order valence-electron chi connectivity index (χ3n) is 3.50. The van der Waals surface area contributed by atoms with Crippen molar-refractivity contribution in [2.45, 2.75) is 40.2 Å². The molecule has 0 bridgehead atoms. The van der Waals surface area contributed by atoms with Gasteiger partial charge in [0.1, 0.15) is 0 Å². The molecule has 0 atom stereocenters. The Kier molecular flexibility index (Phi) is 13.3. The number of imidazole rings is 1. The molecule has 24 heavy (non-hydrogen) atoms. The highest BCUT2D eigenvalue weighted by atomic mass is 127. The first kappa shape index (κ1) is 22.7. The topological polar surface area (TPSA) is 74.5 Å². The molecule has 0 spiro atoms. The van der Waals surface area contributed by atoms with E-state index in [1.165, 1.54) is 0 Å². The molecule has 8 heteroatoms. The molecule has 0 saturated heterocycles. The van der Waals surface area contributed by atoms with E-state index in [4.69, 9.17) is 0 Å². The van der Waals surface area contributed by atoms with Crippen LogP contribution in [0.3, 0.4) is 0 Å². The largest absolute Gasteiger partial charge is 0.357 e. The van der Waals surface area contributed by atoms with Crippen LogP contribution >= 0.6 is 24.0 Å². The lowest BCUT2D eigenvalue weighted by Crippen LogP contribution is -2.40. The van der Waals surface area contributed by atoms with Gasteiger partial charge in [0.05, 0.1) is 6.33 Å². The normalized spacial score (nSPS) is 10.9. The number of carbonyl (C=O) groups excluding carboxylic acids is 1. The number of hydrogen-bond donors (Lipinski definition) is 2. The van der Waals surface area contributed by atoms with Crippen molar-refractivity contribution < 1.29 is 4.79 Å². The lowest BCUT2D eigenvalue weighted by Gasteiger charge is -2.19. The Balaban J connectivity index is 0.00000529. The standard InChI is InChI=1S/C16H30N6O.HI/c1-4-18-16(19-9-7-12-21-13-11-17-14-21)20-10-8-15(23)22(5-2)6-3;/h11,13-14H,4-10,12H2,1-3H3,(H2,18,19,20);1H. The van der Waals surface area contributed by atoms with E-state index in [0.717, 1.165) is 45.1 Å². The molecule has 1 amide bonds. The van der Waals surface area contributed by atoms with Crippen LogP contribution in [0, 0.1) is 0 Å². The summed E-state index contributed by atoms with van der Waals surface area (Å²) in [5.74, 6) is 0.948. The summed E-state index contributed by atoms with van der Waals surface area (Å²) in [5.41, 5.74) is 0. The third kappa shape index (κ3) is 9.09. The molecule has 1 aromatic rings. The highest BCUT2D eigenvalue weighted by molar-refractivity contribution is 14.0. The van der Waals surface area contributed by atoms with Crippen LogP contribution in [-0.4, -0.2) is 59.0 Å². The minimum atomic E-state index is 0. The minimum Gasteiger partial charge on any atom is -0.357 e. The number of nitrogens with one attached hydrogen (secondary N) is 2. The Morgan fingerprint density at radius 1 is 1.25 bits per heavy atom. The van der Waals surface area contributed by atoms with E-state index in [9.17, 15) is 4.79 Å². The summed E-state index contributed by atoms with van der Waals surface area (Å²) >= 11 is 0. The second-order valence-electron chi connectivity index (χ2n) is 5.16. The molecule has 0 aliphatic carbocycles. The van der Waals surface area contributed by atoms with Crippen molar-refractivity contribution in [1.82, 2.24) is 25.1 Å². The molecule has 0 radical (unpaired) electrons. The number of aliphatic imine (C=N–C) groups is 1. The molecular formula is C16H31IN6O. The number of guanidine groups is 1. The molecule has 138 valence electrons. The van der Waals surface area contributed by atoms with Gasteiger partial charge in [0, 0.05) is 58.1 Å². The average Bonchev–Trinajstić information content (AvgIpc) is 3.06. The first-order chi connectivity index (χ1) is 11.2. The molecule has 0 aliphatic heterocycles. The first-order valence-corrected chi connectivity index (χ1v) is 8.46. The predicted octanol–water partition coefficient (Wildman–Crippen LogP) is 1.70. The number of aryl methyl sites for hydroxylation is 1. The van der Waals surface area contributed by atoms with Gasteiger partial charge in [0.15, 0.2) is 5.96 Å². The molecule has 0 saturated carbocycles. The van der Waals surface area contributed by atoms with Crippen LogP contribution in [0.25, 0.3) is 0 Å². The molecule has 0 aliphatic rings. The van der Waals surface area contributed by atoms with Gasteiger partial charge in [0.2, 0.25) is 5.91 Å². The zero-order valence-corrected chi connectivity index (χ0v) is 17.3. The number of amides is 1. The summed E-state index contributed by atoms with van der Waals surface area (Å²) in [6, 6.07) is 0. The van der Waals surface area contributed by atoms with Gasteiger partial charge in [-0.3, -0.25) is 9.79 Å². The maximum Gasteiger partial charge on any atom is 0.224 e. The maximum atomic E-state index is 12.0. The fourth-order valence-electron chi connectivity index (χ4n) is 2.23. The van der Waals surface area contributed by atoms with Gasteiger partial charge in [-0.25, -0.2) is 4.98 Å². The molecular weight excluding hydrogens is 419 g/mol. The predicted molar refractivity (Wildman–Crippen MR) is 109 cm³/mol. The highest BCUT2D eigenvalue weighted by Crippen LogP contribution is 1.93. The van der Waals surface area contributed by atoms with Crippen LogP contribution in [0.5, 0.6) is 0 Å². The summed E-state index contributed by atoms with van der Waals surface area (Å²) in [7, 11) is 0. The Morgan fingerprint density at radius 2 is 2.00 bits per heavy atom. The fourth-order valence-corrected chi connectivity index (χ4v) is 2.23.